The molecular weight excluding hydrogens is 399 g/mol. The first kappa shape index (κ1) is 22.0. The molecule has 0 atom stereocenters. The number of nitrogens with one attached hydrogen (secondary N) is 1. The van der Waals surface area contributed by atoms with E-state index in [1.165, 1.54) is 6.07 Å². The number of aliphatic imine (C=N–C) groups is 1. The minimum atomic E-state index is -0.317. The Kier molecular flexibility index (Phi) is 7.75. The van der Waals surface area contributed by atoms with Crippen LogP contribution in [0.25, 0.3) is 11.1 Å². The van der Waals surface area contributed by atoms with Crippen molar-refractivity contribution >= 4 is 17.8 Å². The standard InChI is InChI=1S/C23H25FN4O3/c1-2-30-22(29)13-14-26-23(25)27-21-15-18(28-31-21)12-9-16-7-10-17(11-8-16)19-5-3-4-6-20(19)24/h3-8,10-11,15H,2,9,12-14H2,1H3,(H3,25,26,27). The number of esters is 1. The van der Waals surface area contributed by atoms with E-state index in [1.807, 2.05) is 30.3 Å². The molecule has 162 valence electrons. The molecule has 3 aromatic rings. The molecule has 0 radical (unpaired) electrons. The Morgan fingerprint density at radius 2 is 1.97 bits per heavy atom. The van der Waals surface area contributed by atoms with Gasteiger partial charge in [-0.15, -0.1) is 0 Å². The number of benzene rings is 2. The molecule has 1 aromatic heterocycles. The quantitative estimate of drug-likeness (QED) is 0.306. The molecule has 0 fully saturated rings. The summed E-state index contributed by atoms with van der Waals surface area (Å²) in [5.74, 6) is -0.0393. The van der Waals surface area contributed by atoms with Crippen LogP contribution in [0.1, 0.15) is 24.6 Å². The number of nitrogens with zero attached hydrogens (tertiary/aromatic N) is 2. The summed E-state index contributed by atoms with van der Waals surface area (Å²) in [6, 6.07) is 16.3. The third-order valence-corrected chi connectivity index (χ3v) is 4.52. The molecule has 31 heavy (non-hydrogen) atoms. The monoisotopic (exact) mass is 424 g/mol. The second-order valence-corrected chi connectivity index (χ2v) is 6.81. The first-order valence-electron chi connectivity index (χ1n) is 10.1. The van der Waals surface area contributed by atoms with Gasteiger partial charge in [-0.3, -0.25) is 15.1 Å². The molecule has 0 aliphatic carbocycles. The number of carbonyl (C=O) groups excluding carboxylic acids is 1. The zero-order valence-corrected chi connectivity index (χ0v) is 17.3. The fourth-order valence-corrected chi connectivity index (χ4v) is 2.97. The van der Waals surface area contributed by atoms with Crippen molar-refractivity contribution in [2.75, 3.05) is 18.5 Å². The predicted octanol–water partition coefficient (Wildman–Crippen LogP) is 3.95. The minimum absolute atomic E-state index is 0.135. The topological polar surface area (TPSA) is 103 Å². The maximum absolute atomic E-state index is 13.9. The number of anilines is 1. The van der Waals surface area contributed by atoms with Crippen LogP contribution in [0.15, 0.2) is 64.1 Å². The van der Waals surface area contributed by atoms with Crippen LogP contribution in [0.5, 0.6) is 0 Å². The van der Waals surface area contributed by atoms with Crippen molar-refractivity contribution < 1.29 is 18.4 Å². The van der Waals surface area contributed by atoms with E-state index in [0.717, 1.165) is 23.2 Å². The predicted molar refractivity (Wildman–Crippen MR) is 117 cm³/mol. The fourth-order valence-electron chi connectivity index (χ4n) is 2.97. The van der Waals surface area contributed by atoms with Crippen molar-refractivity contribution in [3.05, 3.63) is 71.7 Å². The molecule has 0 spiro atoms. The van der Waals surface area contributed by atoms with E-state index in [2.05, 4.69) is 15.5 Å². The summed E-state index contributed by atoms with van der Waals surface area (Å²) in [5, 5.41) is 6.83. The van der Waals surface area contributed by atoms with Gasteiger partial charge in [0.2, 0.25) is 5.88 Å². The summed E-state index contributed by atoms with van der Waals surface area (Å²) < 4.78 is 24.0. The van der Waals surface area contributed by atoms with Crippen LogP contribution in [-0.2, 0) is 22.4 Å². The van der Waals surface area contributed by atoms with Gasteiger partial charge in [-0.1, -0.05) is 47.6 Å². The van der Waals surface area contributed by atoms with Gasteiger partial charge in [0.25, 0.3) is 0 Å². The minimum Gasteiger partial charge on any atom is -0.466 e. The van der Waals surface area contributed by atoms with Crippen LogP contribution in [0.3, 0.4) is 0 Å². The second kappa shape index (κ2) is 10.9. The third kappa shape index (κ3) is 6.67. The third-order valence-electron chi connectivity index (χ3n) is 4.52. The maximum Gasteiger partial charge on any atom is 0.307 e. The molecule has 0 bridgehead atoms. The zero-order valence-electron chi connectivity index (χ0n) is 17.3. The molecule has 8 heteroatoms. The first-order valence-corrected chi connectivity index (χ1v) is 10.1. The van der Waals surface area contributed by atoms with E-state index in [-0.39, 0.29) is 30.7 Å². The van der Waals surface area contributed by atoms with Crippen LogP contribution in [0.2, 0.25) is 0 Å². The van der Waals surface area contributed by atoms with Gasteiger partial charge < -0.3 is 15.0 Å². The largest absolute Gasteiger partial charge is 0.466 e. The summed E-state index contributed by atoms with van der Waals surface area (Å²) in [5.41, 5.74) is 9.08. The van der Waals surface area contributed by atoms with Gasteiger partial charge in [0.1, 0.15) is 5.82 Å². The second-order valence-electron chi connectivity index (χ2n) is 6.81. The molecule has 0 saturated heterocycles. The van der Waals surface area contributed by atoms with Crippen LogP contribution < -0.4 is 11.1 Å². The number of rotatable bonds is 9. The van der Waals surface area contributed by atoms with Crippen molar-refractivity contribution in [1.82, 2.24) is 5.16 Å². The number of guanidine groups is 1. The Morgan fingerprint density at radius 3 is 2.71 bits per heavy atom. The normalized spacial score (nSPS) is 11.4. The van der Waals surface area contributed by atoms with Gasteiger partial charge in [-0.25, -0.2) is 4.39 Å². The van der Waals surface area contributed by atoms with Gasteiger partial charge in [-0.2, -0.15) is 0 Å². The summed E-state index contributed by atoms with van der Waals surface area (Å²) in [4.78, 5) is 15.3. The van der Waals surface area contributed by atoms with E-state index in [0.29, 0.717) is 24.5 Å². The fraction of sp³-hybridized carbons (Fsp3) is 0.261. The molecule has 0 aliphatic heterocycles. The highest BCUT2D eigenvalue weighted by molar-refractivity contribution is 5.91. The Bertz CT molecular complexity index is 1030. The van der Waals surface area contributed by atoms with Crippen molar-refractivity contribution in [1.29, 1.82) is 0 Å². The average molecular weight is 424 g/mol. The molecular formula is C23H25FN4O3. The van der Waals surface area contributed by atoms with Gasteiger partial charge in [0, 0.05) is 11.6 Å². The lowest BCUT2D eigenvalue weighted by atomic mass is 10.0. The van der Waals surface area contributed by atoms with E-state index < -0.39 is 0 Å². The Balaban J connectivity index is 1.49. The number of nitrogens with two attached hydrogens (primary N) is 1. The number of aromatic nitrogens is 1. The zero-order chi connectivity index (χ0) is 22.1. The molecule has 3 rings (SSSR count). The highest BCUT2D eigenvalue weighted by atomic mass is 19.1. The van der Waals surface area contributed by atoms with Crippen molar-refractivity contribution in [2.45, 2.75) is 26.2 Å². The highest BCUT2D eigenvalue weighted by Crippen LogP contribution is 2.23. The molecule has 0 saturated carbocycles. The van der Waals surface area contributed by atoms with Gasteiger partial charge in [-0.05, 0) is 37.0 Å². The smallest absolute Gasteiger partial charge is 0.307 e. The van der Waals surface area contributed by atoms with Gasteiger partial charge in [0.05, 0.1) is 25.3 Å². The SMILES string of the molecule is CCOC(=O)CCN=C(N)Nc1cc(CCc2ccc(-c3ccccc3F)cc2)no1. The number of carbonyl (C=O) groups is 1. The van der Waals surface area contributed by atoms with E-state index in [4.69, 9.17) is 15.0 Å². The summed E-state index contributed by atoms with van der Waals surface area (Å²) in [7, 11) is 0. The number of halogens is 1. The number of hydrogen-bond donors (Lipinski definition) is 2. The van der Waals surface area contributed by atoms with Crippen molar-refractivity contribution in [3.8, 4) is 11.1 Å². The molecule has 3 N–H and O–H groups in total. The molecule has 0 aliphatic rings. The summed E-state index contributed by atoms with van der Waals surface area (Å²) >= 11 is 0. The van der Waals surface area contributed by atoms with Crippen molar-refractivity contribution in [2.24, 2.45) is 10.7 Å². The van der Waals surface area contributed by atoms with E-state index in [1.54, 1.807) is 25.1 Å². The Labute approximate surface area is 180 Å². The van der Waals surface area contributed by atoms with Crippen molar-refractivity contribution in [3.63, 3.8) is 0 Å². The van der Waals surface area contributed by atoms with Crippen LogP contribution in [0.4, 0.5) is 10.3 Å². The van der Waals surface area contributed by atoms with Crippen LogP contribution in [0, 0.1) is 5.82 Å². The maximum atomic E-state index is 13.9. The highest BCUT2D eigenvalue weighted by Gasteiger charge is 2.08. The van der Waals surface area contributed by atoms with Gasteiger partial charge >= 0.3 is 5.97 Å². The van der Waals surface area contributed by atoms with E-state index >= 15 is 0 Å². The lowest BCUT2D eigenvalue weighted by Gasteiger charge is -2.05. The lowest BCUT2D eigenvalue weighted by Crippen LogP contribution is -2.23. The Morgan fingerprint density at radius 1 is 1.19 bits per heavy atom. The van der Waals surface area contributed by atoms with Crippen LogP contribution >= 0.6 is 0 Å². The number of aryl methyl sites for hydroxylation is 2. The molecule has 0 unspecified atom stereocenters. The molecule has 2 aromatic carbocycles. The van der Waals surface area contributed by atoms with E-state index in [9.17, 15) is 9.18 Å². The van der Waals surface area contributed by atoms with Gasteiger partial charge in [0.15, 0.2) is 5.96 Å². The first-order chi connectivity index (χ1) is 15.0. The lowest BCUT2D eigenvalue weighted by molar-refractivity contribution is -0.142. The molecule has 1 heterocycles. The number of hydrogen-bond acceptors (Lipinski definition) is 5. The number of ether oxygens (including phenoxy) is 1. The summed E-state index contributed by atoms with van der Waals surface area (Å²) in [6.07, 6.45) is 1.59. The van der Waals surface area contributed by atoms with Crippen LogP contribution in [-0.4, -0.2) is 30.2 Å². The Hall–Kier alpha value is -3.68. The molecule has 0 amide bonds. The summed E-state index contributed by atoms with van der Waals surface area (Å²) in [6.45, 7) is 2.31. The molecule has 7 nitrogen and oxygen atoms in total. The average Bonchev–Trinajstić information content (AvgIpc) is 3.20.